The molecule has 14 heavy (non-hydrogen) atoms. The van der Waals surface area contributed by atoms with Crippen LogP contribution in [0, 0.1) is 5.92 Å². The number of halogens is 2. The lowest BCUT2D eigenvalue weighted by Gasteiger charge is -2.14. The highest BCUT2D eigenvalue weighted by atomic mass is 35.5. The Morgan fingerprint density at radius 3 is 1.86 bits per heavy atom. The molecule has 0 saturated heterocycles. The first-order chi connectivity index (χ1) is 5.68. The molecular weight excluding hydrogens is 217 g/mol. The van der Waals surface area contributed by atoms with Crippen molar-refractivity contribution in [3.63, 3.8) is 0 Å². The van der Waals surface area contributed by atoms with Crippen LogP contribution in [-0.4, -0.2) is 6.04 Å². The quantitative estimate of drug-likeness (QED) is 0.668. The van der Waals surface area contributed by atoms with E-state index in [-0.39, 0.29) is 24.8 Å². The van der Waals surface area contributed by atoms with Crippen molar-refractivity contribution in [3.8, 4) is 0 Å². The monoisotopic (exact) mass is 243 g/mol. The largest absolute Gasteiger partial charge is 0.328 e. The molecule has 3 heteroatoms. The van der Waals surface area contributed by atoms with Crippen LogP contribution in [0.3, 0.4) is 0 Å². The predicted molar refractivity (Wildman–Crippen MR) is 70.7 cm³/mol. The minimum atomic E-state index is 0. The van der Waals surface area contributed by atoms with Crippen LogP contribution in [-0.2, 0) is 0 Å². The third kappa shape index (κ3) is 12.5. The molecule has 0 aromatic heterocycles. The zero-order valence-corrected chi connectivity index (χ0v) is 11.4. The van der Waals surface area contributed by atoms with Crippen LogP contribution in [0.25, 0.3) is 0 Å². The van der Waals surface area contributed by atoms with Gasteiger partial charge in [-0.1, -0.05) is 46.0 Å². The molecule has 2 atom stereocenters. The molecule has 0 amide bonds. The van der Waals surface area contributed by atoms with Gasteiger partial charge in [-0.2, -0.15) is 0 Å². The number of nitrogens with two attached hydrogens (primary N) is 1. The third-order valence-corrected chi connectivity index (χ3v) is 2.66. The lowest BCUT2D eigenvalue weighted by atomic mass is 9.97. The Morgan fingerprint density at radius 1 is 0.929 bits per heavy atom. The van der Waals surface area contributed by atoms with E-state index in [4.69, 9.17) is 5.73 Å². The second kappa shape index (κ2) is 13.5. The number of rotatable bonds is 7. The fourth-order valence-corrected chi connectivity index (χ4v) is 1.33. The molecule has 2 N–H and O–H groups in total. The van der Waals surface area contributed by atoms with Crippen molar-refractivity contribution >= 4 is 24.8 Å². The second-order valence-corrected chi connectivity index (χ2v) is 4.04. The Bertz CT molecular complexity index is 97.3. The van der Waals surface area contributed by atoms with Crippen LogP contribution < -0.4 is 5.73 Å². The molecule has 0 rings (SSSR count). The van der Waals surface area contributed by atoms with E-state index < -0.39 is 0 Å². The SMILES string of the molecule is CCCCCCCC(C)C(C)N.Cl.Cl. The molecular formula is C11H27Cl2N. The lowest BCUT2D eigenvalue weighted by molar-refractivity contribution is 0.425. The van der Waals surface area contributed by atoms with Crippen LogP contribution >= 0.6 is 24.8 Å². The molecule has 0 bridgehead atoms. The van der Waals surface area contributed by atoms with Gasteiger partial charge >= 0.3 is 0 Å². The van der Waals surface area contributed by atoms with Crippen LogP contribution in [0.4, 0.5) is 0 Å². The summed E-state index contributed by atoms with van der Waals surface area (Å²) >= 11 is 0. The maximum atomic E-state index is 5.78. The van der Waals surface area contributed by atoms with E-state index >= 15 is 0 Å². The van der Waals surface area contributed by atoms with Crippen molar-refractivity contribution in [1.82, 2.24) is 0 Å². The summed E-state index contributed by atoms with van der Waals surface area (Å²) in [4.78, 5) is 0. The zero-order valence-electron chi connectivity index (χ0n) is 9.79. The molecule has 0 aliphatic carbocycles. The standard InChI is InChI=1S/C11H25N.2ClH/c1-4-5-6-7-8-9-10(2)11(3)12;;/h10-11H,4-9,12H2,1-3H3;2*1H. The van der Waals surface area contributed by atoms with E-state index in [0.717, 1.165) is 0 Å². The van der Waals surface area contributed by atoms with E-state index in [1.54, 1.807) is 0 Å². The fourth-order valence-electron chi connectivity index (χ4n) is 1.33. The first-order valence-corrected chi connectivity index (χ1v) is 5.44. The van der Waals surface area contributed by atoms with E-state index in [0.29, 0.717) is 12.0 Å². The van der Waals surface area contributed by atoms with Crippen LogP contribution in [0.2, 0.25) is 0 Å². The van der Waals surface area contributed by atoms with Gasteiger partial charge in [0, 0.05) is 6.04 Å². The summed E-state index contributed by atoms with van der Waals surface area (Å²) in [5.41, 5.74) is 5.78. The Morgan fingerprint density at radius 2 is 1.43 bits per heavy atom. The van der Waals surface area contributed by atoms with Crippen LogP contribution in [0.15, 0.2) is 0 Å². The van der Waals surface area contributed by atoms with Crippen LogP contribution in [0.5, 0.6) is 0 Å². The van der Waals surface area contributed by atoms with Gasteiger partial charge in [0.1, 0.15) is 0 Å². The van der Waals surface area contributed by atoms with Crippen molar-refractivity contribution < 1.29 is 0 Å². The molecule has 90 valence electrons. The first-order valence-electron chi connectivity index (χ1n) is 5.44. The van der Waals surface area contributed by atoms with Crippen molar-refractivity contribution in [2.45, 2.75) is 65.3 Å². The molecule has 1 nitrogen and oxygen atoms in total. The number of hydrogen-bond donors (Lipinski definition) is 1. The van der Waals surface area contributed by atoms with Crippen molar-refractivity contribution in [2.24, 2.45) is 11.7 Å². The number of unbranched alkanes of at least 4 members (excludes halogenated alkanes) is 4. The first kappa shape index (κ1) is 20.0. The minimum Gasteiger partial charge on any atom is -0.328 e. The summed E-state index contributed by atoms with van der Waals surface area (Å²) in [5, 5.41) is 0. The van der Waals surface area contributed by atoms with Gasteiger partial charge in [-0.3, -0.25) is 0 Å². The maximum Gasteiger partial charge on any atom is 0.00361 e. The van der Waals surface area contributed by atoms with Crippen LogP contribution in [0.1, 0.15) is 59.3 Å². The third-order valence-electron chi connectivity index (χ3n) is 2.66. The number of hydrogen-bond acceptors (Lipinski definition) is 1. The summed E-state index contributed by atoms with van der Waals surface area (Å²) in [6, 6.07) is 0.371. The molecule has 0 fully saturated rings. The summed E-state index contributed by atoms with van der Waals surface area (Å²) < 4.78 is 0. The van der Waals surface area contributed by atoms with Crippen molar-refractivity contribution in [2.75, 3.05) is 0 Å². The second-order valence-electron chi connectivity index (χ2n) is 4.04. The van der Waals surface area contributed by atoms with Gasteiger partial charge in [0.2, 0.25) is 0 Å². The molecule has 0 spiro atoms. The molecule has 0 heterocycles. The lowest BCUT2D eigenvalue weighted by Crippen LogP contribution is -2.23. The average molecular weight is 244 g/mol. The van der Waals surface area contributed by atoms with E-state index in [2.05, 4.69) is 20.8 Å². The van der Waals surface area contributed by atoms with Crippen molar-refractivity contribution in [3.05, 3.63) is 0 Å². The average Bonchev–Trinajstić information content (AvgIpc) is 2.03. The molecule has 2 unspecified atom stereocenters. The van der Waals surface area contributed by atoms with E-state index in [9.17, 15) is 0 Å². The van der Waals surface area contributed by atoms with Gasteiger partial charge in [0.15, 0.2) is 0 Å². The summed E-state index contributed by atoms with van der Waals surface area (Å²) in [5.74, 6) is 0.701. The highest BCUT2D eigenvalue weighted by Gasteiger charge is 2.05. The Balaban J connectivity index is -0.000000605. The molecule has 0 saturated carbocycles. The Hall–Kier alpha value is 0.540. The smallest absolute Gasteiger partial charge is 0.00361 e. The van der Waals surface area contributed by atoms with Gasteiger partial charge < -0.3 is 5.73 Å². The van der Waals surface area contributed by atoms with E-state index in [1.165, 1.54) is 38.5 Å². The highest BCUT2D eigenvalue weighted by molar-refractivity contribution is 5.85. The molecule has 0 aliphatic heterocycles. The summed E-state index contributed by atoms with van der Waals surface area (Å²) in [6.07, 6.45) is 8.20. The van der Waals surface area contributed by atoms with Gasteiger partial charge in [-0.25, -0.2) is 0 Å². The predicted octanol–water partition coefficient (Wildman–Crippen LogP) is 4.17. The van der Waals surface area contributed by atoms with Gasteiger partial charge in [0.05, 0.1) is 0 Å². The zero-order chi connectivity index (χ0) is 9.40. The van der Waals surface area contributed by atoms with Gasteiger partial charge in [0.25, 0.3) is 0 Å². The topological polar surface area (TPSA) is 26.0 Å². The van der Waals surface area contributed by atoms with Gasteiger partial charge in [-0.05, 0) is 19.3 Å². The Labute approximate surface area is 102 Å². The van der Waals surface area contributed by atoms with Crippen molar-refractivity contribution in [1.29, 1.82) is 0 Å². The summed E-state index contributed by atoms with van der Waals surface area (Å²) in [7, 11) is 0. The fraction of sp³-hybridized carbons (Fsp3) is 1.00. The molecule has 0 radical (unpaired) electrons. The molecule has 0 aromatic rings. The molecule has 0 aliphatic rings. The minimum absolute atomic E-state index is 0. The maximum absolute atomic E-state index is 5.78. The molecule has 0 aromatic carbocycles. The Kier molecular flexibility index (Phi) is 19.4. The highest BCUT2D eigenvalue weighted by Crippen LogP contribution is 2.12. The van der Waals surface area contributed by atoms with E-state index in [1.807, 2.05) is 0 Å². The summed E-state index contributed by atoms with van der Waals surface area (Å²) in [6.45, 7) is 6.62. The normalized spacial score (nSPS) is 13.7. The van der Waals surface area contributed by atoms with Gasteiger partial charge in [-0.15, -0.1) is 24.8 Å².